The lowest BCUT2D eigenvalue weighted by Gasteiger charge is -2.25. The topological polar surface area (TPSA) is 29.5 Å². The maximum atomic E-state index is 13.6. The van der Waals surface area contributed by atoms with Crippen molar-refractivity contribution in [3.8, 4) is 5.75 Å². The number of halogens is 1. The molecule has 0 radical (unpaired) electrons. The Hall–Kier alpha value is -1.35. The summed E-state index contributed by atoms with van der Waals surface area (Å²) in [7, 11) is 0. The van der Waals surface area contributed by atoms with Crippen molar-refractivity contribution >= 4 is 0 Å². The molecule has 0 amide bonds. The molecule has 0 aliphatic heterocycles. The molecule has 0 spiro atoms. The summed E-state index contributed by atoms with van der Waals surface area (Å²) in [4.78, 5) is 0. The lowest BCUT2D eigenvalue weighted by Crippen LogP contribution is -2.21. The summed E-state index contributed by atoms with van der Waals surface area (Å²) in [5.74, 6) is 0.899. The minimum atomic E-state index is -0.402. The van der Waals surface area contributed by atoms with Crippen LogP contribution >= 0.6 is 0 Å². The Morgan fingerprint density at radius 3 is 2.78 bits per heavy atom. The fraction of sp³-hybridized carbons (Fsp3) is 0.467. The number of aliphatic hydroxyl groups excluding tert-OH is 1. The SMILES string of the molecule is CC1CC=CCC1COc1ccc(CO)cc1F. The lowest BCUT2D eigenvalue weighted by molar-refractivity contribution is 0.192. The van der Waals surface area contributed by atoms with Crippen LogP contribution in [0.2, 0.25) is 0 Å². The number of ether oxygens (including phenoxy) is 1. The molecular formula is C15H19FO2. The van der Waals surface area contributed by atoms with E-state index in [1.54, 1.807) is 12.1 Å². The minimum Gasteiger partial charge on any atom is -0.490 e. The highest BCUT2D eigenvalue weighted by atomic mass is 19.1. The number of aliphatic hydroxyl groups is 1. The molecule has 18 heavy (non-hydrogen) atoms. The van der Waals surface area contributed by atoms with E-state index in [4.69, 9.17) is 9.84 Å². The molecule has 98 valence electrons. The monoisotopic (exact) mass is 250 g/mol. The van der Waals surface area contributed by atoms with Crippen molar-refractivity contribution in [3.63, 3.8) is 0 Å². The first-order valence-electron chi connectivity index (χ1n) is 6.37. The van der Waals surface area contributed by atoms with Gasteiger partial charge < -0.3 is 9.84 Å². The predicted octanol–water partition coefficient (Wildman–Crippen LogP) is 3.30. The molecule has 1 aromatic rings. The van der Waals surface area contributed by atoms with Gasteiger partial charge in [-0.3, -0.25) is 0 Å². The molecule has 1 aliphatic rings. The Labute approximate surface area is 107 Å². The van der Waals surface area contributed by atoms with Gasteiger partial charge in [0.25, 0.3) is 0 Å². The molecule has 0 heterocycles. The van der Waals surface area contributed by atoms with Crippen LogP contribution in [0.25, 0.3) is 0 Å². The second kappa shape index (κ2) is 6.01. The Bertz CT molecular complexity index is 429. The molecule has 1 aromatic carbocycles. The minimum absolute atomic E-state index is 0.151. The first kappa shape index (κ1) is 13.1. The van der Waals surface area contributed by atoms with Crippen LogP contribution in [0, 0.1) is 17.7 Å². The third-order valence-corrected chi connectivity index (χ3v) is 3.55. The quantitative estimate of drug-likeness (QED) is 0.831. The summed E-state index contributed by atoms with van der Waals surface area (Å²) in [5, 5.41) is 8.91. The van der Waals surface area contributed by atoms with Gasteiger partial charge in [-0.2, -0.15) is 0 Å². The number of hydrogen-bond donors (Lipinski definition) is 1. The molecule has 1 N–H and O–H groups in total. The van der Waals surface area contributed by atoms with E-state index >= 15 is 0 Å². The molecule has 1 aliphatic carbocycles. The van der Waals surface area contributed by atoms with Gasteiger partial charge in [0.1, 0.15) is 0 Å². The van der Waals surface area contributed by atoms with Crippen molar-refractivity contribution in [1.29, 1.82) is 0 Å². The third-order valence-electron chi connectivity index (χ3n) is 3.55. The second-order valence-corrected chi connectivity index (χ2v) is 4.91. The summed E-state index contributed by atoms with van der Waals surface area (Å²) in [6.45, 7) is 2.59. The fourth-order valence-corrected chi connectivity index (χ4v) is 2.20. The third kappa shape index (κ3) is 3.10. The maximum Gasteiger partial charge on any atom is 0.165 e. The molecule has 0 aromatic heterocycles. The first-order chi connectivity index (χ1) is 8.70. The predicted molar refractivity (Wildman–Crippen MR) is 68.8 cm³/mol. The van der Waals surface area contributed by atoms with Gasteiger partial charge in [0.05, 0.1) is 13.2 Å². The van der Waals surface area contributed by atoms with Crippen LogP contribution in [0.4, 0.5) is 4.39 Å². The molecule has 2 unspecified atom stereocenters. The number of hydrogen-bond acceptors (Lipinski definition) is 2. The summed E-state index contributed by atoms with van der Waals surface area (Å²) in [6, 6.07) is 4.59. The first-order valence-corrected chi connectivity index (χ1v) is 6.37. The van der Waals surface area contributed by atoms with Gasteiger partial charge >= 0.3 is 0 Å². The summed E-state index contributed by atoms with van der Waals surface area (Å²) < 4.78 is 19.2. The standard InChI is InChI=1S/C15H19FO2/c1-11-4-2-3-5-13(11)10-18-15-7-6-12(9-17)8-14(15)16/h2-3,6-8,11,13,17H,4-5,9-10H2,1H3. The van der Waals surface area contributed by atoms with E-state index in [2.05, 4.69) is 19.1 Å². The Balaban J connectivity index is 1.95. The van der Waals surface area contributed by atoms with Crippen LogP contribution in [0.3, 0.4) is 0 Å². The van der Waals surface area contributed by atoms with E-state index in [1.807, 2.05) is 0 Å². The molecular weight excluding hydrogens is 231 g/mol. The molecule has 2 atom stereocenters. The Morgan fingerprint density at radius 1 is 1.33 bits per heavy atom. The maximum absolute atomic E-state index is 13.6. The van der Waals surface area contributed by atoms with Gasteiger partial charge in [0.2, 0.25) is 0 Å². The molecule has 0 saturated carbocycles. The van der Waals surface area contributed by atoms with E-state index < -0.39 is 5.82 Å². The van der Waals surface area contributed by atoms with Crippen LogP contribution in [-0.2, 0) is 6.61 Å². The zero-order chi connectivity index (χ0) is 13.0. The average molecular weight is 250 g/mol. The normalized spacial score (nSPS) is 23.1. The van der Waals surface area contributed by atoms with Gasteiger partial charge in [0, 0.05) is 0 Å². The summed E-state index contributed by atoms with van der Waals surface area (Å²) in [5.41, 5.74) is 0.564. The molecule has 0 bridgehead atoms. The Morgan fingerprint density at radius 2 is 2.11 bits per heavy atom. The fourth-order valence-electron chi connectivity index (χ4n) is 2.20. The van der Waals surface area contributed by atoms with E-state index in [0.29, 0.717) is 24.0 Å². The van der Waals surface area contributed by atoms with Gasteiger partial charge in [-0.1, -0.05) is 25.1 Å². The molecule has 0 saturated heterocycles. The van der Waals surface area contributed by atoms with Crippen molar-refractivity contribution < 1.29 is 14.2 Å². The highest BCUT2D eigenvalue weighted by molar-refractivity contribution is 5.29. The number of benzene rings is 1. The van der Waals surface area contributed by atoms with Gasteiger partial charge in [-0.05, 0) is 42.4 Å². The van der Waals surface area contributed by atoms with E-state index in [0.717, 1.165) is 12.8 Å². The summed E-state index contributed by atoms with van der Waals surface area (Å²) >= 11 is 0. The Kier molecular flexibility index (Phi) is 4.37. The number of allylic oxidation sites excluding steroid dienone is 2. The van der Waals surface area contributed by atoms with Crippen LogP contribution < -0.4 is 4.74 Å². The van der Waals surface area contributed by atoms with Crippen LogP contribution in [0.5, 0.6) is 5.75 Å². The van der Waals surface area contributed by atoms with Gasteiger partial charge in [-0.25, -0.2) is 4.39 Å². The van der Waals surface area contributed by atoms with Crippen LogP contribution in [-0.4, -0.2) is 11.7 Å². The van der Waals surface area contributed by atoms with Gasteiger partial charge in [0.15, 0.2) is 11.6 Å². The van der Waals surface area contributed by atoms with Crippen molar-refractivity contribution in [2.45, 2.75) is 26.4 Å². The highest BCUT2D eigenvalue weighted by Crippen LogP contribution is 2.27. The van der Waals surface area contributed by atoms with Crippen molar-refractivity contribution in [2.75, 3.05) is 6.61 Å². The van der Waals surface area contributed by atoms with Gasteiger partial charge in [-0.15, -0.1) is 0 Å². The second-order valence-electron chi connectivity index (χ2n) is 4.91. The lowest BCUT2D eigenvalue weighted by atomic mass is 9.85. The van der Waals surface area contributed by atoms with Crippen LogP contribution in [0.1, 0.15) is 25.3 Å². The average Bonchev–Trinajstić information content (AvgIpc) is 2.39. The molecule has 2 nitrogen and oxygen atoms in total. The van der Waals surface area contributed by atoms with Crippen molar-refractivity contribution in [1.82, 2.24) is 0 Å². The van der Waals surface area contributed by atoms with Crippen molar-refractivity contribution in [3.05, 3.63) is 41.7 Å². The molecule has 2 rings (SSSR count). The van der Waals surface area contributed by atoms with E-state index in [1.165, 1.54) is 6.07 Å². The molecule has 0 fully saturated rings. The molecule has 3 heteroatoms. The van der Waals surface area contributed by atoms with Crippen molar-refractivity contribution in [2.24, 2.45) is 11.8 Å². The van der Waals surface area contributed by atoms with E-state index in [-0.39, 0.29) is 12.4 Å². The van der Waals surface area contributed by atoms with Crippen LogP contribution in [0.15, 0.2) is 30.4 Å². The summed E-state index contributed by atoms with van der Waals surface area (Å²) in [6.07, 6.45) is 6.43. The largest absolute Gasteiger partial charge is 0.490 e. The smallest absolute Gasteiger partial charge is 0.165 e. The highest BCUT2D eigenvalue weighted by Gasteiger charge is 2.19. The number of rotatable bonds is 4. The zero-order valence-electron chi connectivity index (χ0n) is 10.6. The zero-order valence-corrected chi connectivity index (χ0v) is 10.6. The van der Waals surface area contributed by atoms with E-state index in [9.17, 15) is 4.39 Å².